The van der Waals surface area contributed by atoms with Gasteiger partial charge in [-0.1, -0.05) is 79.2 Å². The summed E-state index contributed by atoms with van der Waals surface area (Å²) in [6, 6.07) is 11.5. The summed E-state index contributed by atoms with van der Waals surface area (Å²) in [4.78, 5) is 38.8. The van der Waals surface area contributed by atoms with Gasteiger partial charge in [0.1, 0.15) is 5.82 Å². The average molecular weight is 731 g/mol. The van der Waals surface area contributed by atoms with Gasteiger partial charge in [-0.05, 0) is 139 Å². The van der Waals surface area contributed by atoms with Gasteiger partial charge in [-0.15, -0.1) is 0 Å². The van der Waals surface area contributed by atoms with E-state index in [1.165, 1.54) is 37.5 Å². The number of benzene rings is 2. The number of amides is 2. The maximum Gasteiger partial charge on any atom is 0.338 e. The highest BCUT2D eigenvalue weighted by Gasteiger charge is 2.69. The molecule has 6 rings (SSSR count). The van der Waals surface area contributed by atoms with E-state index in [1.807, 2.05) is 12.1 Å². The molecule has 4 aliphatic carbocycles. The van der Waals surface area contributed by atoms with Crippen molar-refractivity contribution in [2.75, 3.05) is 6.54 Å². The van der Waals surface area contributed by atoms with Crippen molar-refractivity contribution in [1.29, 1.82) is 0 Å². The molecular formula is C45H63FN2O5. The quantitative estimate of drug-likeness (QED) is 0.195. The Morgan fingerprint density at radius 3 is 2.32 bits per heavy atom. The van der Waals surface area contributed by atoms with Gasteiger partial charge in [-0.25, -0.2) is 9.18 Å². The van der Waals surface area contributed by atoms with E-state index in [1.54, 1.807) is 12.1 Å². The van der Waals surface area contributed by atoms with E-state index in [4.69, 9.17) is 0 Å². The molecule has 0 radical (unpaired) electrons. The standard InChI is InChI=1S/C45H63FN2O5/c1-8-20-45(40(53)48-27-29-11-9-13-31(26-29)38(50)47-25-19-30-12-10-14-32(37(30)46)39(51)52)24-23-43(6)33(28(45)2)15-16-35-42(5)21-18-36(49)41(3,4)34(42)17-22-44(35,43)7/h9-14,26,28,33-36,49H,8,15-25,27H2,1-7H3,(H,47,50)(H,48,53)(H,51,52)/t28?,33?,34?,35?,36?,42?,43-,44?,45?/m1/s1. The lowest BCUT2D eigenvalue weighted by atomic mass is 9.32. The maximum absolute atomic E-state index is 14.6. The molecule has 0 saturated heterocycles. The number of carboxylic acids is 1. The molecule has 2 aromatic rings. The lowest BCUT2D eigenvalue weighted by molar-refractivity contribution is -0.246. The zero-order valence-corrected chi connectivity index (χ0v) is 33.1. The van der Waals surface area contributed by atoms with Crippen LogP contribution in [0.4, 0.5) is 4.39 Å². The van der Waals surface area contributed by atoms with E-state index in [0.29, 0.717) is 29.9 Å². The van der Waals surface area contributed by atoms with Crippen LogP contribution in [0.2, 0.25) is 0 Å². The first-order valence-electron chi connectivity index (χ1n) is 20.3. The monoisotopic (exact) mass is 730 g/mol. The second-order valence-corrected chi connectivity index (χ2v) is 18.7. The second-order valence-electron chi connectivity index (χ2n) is 18.7. The minimum absolute atomic E-state index is 0.0672. The Bertz CT molecular complexity index is 1730. The molecule has 8 heteroatoms. The van der Waals surface area contributed by atoms with E-state index >= 15 is 0 Å². The first-order chi connectivity index (χ1) is 25.0. The summed E-state index contributed by atoms with van der Waals surface area (Å²) >= 11 is 0. The Balaban J connectivity index is 1.12. The number of hydrogen-bond donors (Lipinski definition) is 4. The number of aliphatic hydroxyl groups is 1. The van der Waals surface area contributed by atoms with Crippen LogP contribution in [0, 0.1) is 56.6 Å². The Kier molecular flexibility index (Phi) is 10.7. The molecule has 8 unspecified atom stereocenters. The number of aliphatic hydroxyl groups excluding tert-OH is 1. The van der Waals surface area contributed by atoms with Crippen LogP contribution in [0.25, 0.3) is 0 Å². The van der Waals surface area contributed by atoms with E-state index in [0.717, 1.165) is 50.5 Å². The SMILES string of the molecule is CCCC1(C(=O)NCc2cccc(C(=O)NCCc3cccc(C(=O)O)c3F)c2)CC[C@]2(C)C(CCC3C4(C)CCC(O)C(C)(C)C4CCC32C)C1C. The van der Waals surface area contributed by atoms with Crippen molar-refractivity contribution in [3.63, 3.8) is 0 Å². The fourth-order valence-electron chi connectivity index (χ4n) is 13.1. The Labute approximate surface area is 316 Å². The second kappa shape index (κ2) is 14.4. The molecule has 4 fully saturated rings. The van der Waals surface area contributed by atoms with Gasteiger partial charge in [0.15, 0.2) is 0 Å². The highest BCUT2D eigenvalue weighted by Crippen LogP contribution is 2.75. The number of fused-ring (bicyclic) bond motifs is 5. The first kappa shape index (κ1) is 39.4. The molecule has 4 N–H and O–H groups in total. The molecular weight excluding hydrogens is 668 g/mol. The summed E-state index contributed by atoms with van der Waals surface area (Å²) in [5, 5.41) is 26.4. The maximum atomic E-state index is 14.6. The number of aromatic carboxylic acids is 1. The highest BCUT2D eigenvalue weighted by molar-refractivity contribution is 5.94. The third-order valence-electron chi connectivity index (χ3n) is 16.3. The van der Waals surface area contributed by atoms with Gasteiger partial charge in [0, 0.05) is 18.7 Å². The van der Waals surface area contributed by atoms with Crippen molar-refractivity contribution < 1.29 is 29.0 Å². The molecule has 0 spiro atoms. The number of carbonyl (C=O) groups is 3. The smallest absolute Gasteiger partial charge is 0.338 e. The number of halogens is 1. The third-order valence-corrected chi connectivity index (χ3v) is 16.3. The van der Waals surface area contributed by atoms with E-state index in [-0.39, 0.29) is 69.6 Å². The van der Waals surface area contributed by atoms with E-state index in [9.17, 15) is 29.0 Å². The minimum Gasteiger partial charge on any atom is -0.478 e. The lowest BCUT2D eigenvalue weighted by Gasteiger charge is -2.72. The third kappa shape index (κ3) is 6.42. The van der Waals surface area contributed by atoms with Crippen molar-refractivity contribution >= 4 is 17.8 Å². The summed E-state index contributed by atoms with van der Waals surface area (Å²) in [5.74, 6) is -0.435. The van der Waals surface area contributed by atoms with Gasteiger partial charge in [0.25, 0.3) is 5.91 Å². The van der Waals surface area contributed by atoms with Gasteiger partial charge in [0.2, 0.25) is 5.91 Å². The van der Waals surface area contributed by atoms with Gasteiger partial charge < -0.3 is 20.8 Å². The molecule has 0 aromatic heterocycles. The molecule has 0 heterocycles. The predicted octanol–water partition coefficient (Wildman–Crippen LogP) is 8.97. The summed E-state index contributed by atoms with van der Waals surface area (Å²) in [5.41, 5.74) is 1.19. The minimum atomic E-state index is -1.33. The van der Waals surface area contributed by atoms with Crippen molar-refractivity contribution in [3.8, 4) is 0 Å². The van der Waals surface area contributed by atoms with Crippen LogP contribution in [0.1, 0.15) is 145 Å². The number of nitrogens with one attached hydrogen (secondary N) is 2. The number of carbonyl (C=O) groups excluding carboxylic acids is 2. The molecule has 7 nitrogen and oxygen atoms in total. The van der Waals surface area contributed by atoms with Crippen LogP contribution in [0.15, 0.2) is 42.5 Å². The van der Waals surface area contributed by atoms with Gasteiger partial charge >= 0.3 is 5.97 Å². The summed E-state index contributed by atoms with van der Waals surface area (Å²) < 4.78 is 14.6. The van der Waals surface area contributed by atoms with Gasteiger partial charge in [-0.2, -0.15) is 0 Å². The lowest BCUT2D eigenvalue weighted by Crippen LogP contribution is -2.67. The molecule has 290 valence electrons. The van der Waals surface area contributed by atoms with Crippen molar-refractivity contribution in [2.24, 2.45) is 50.7 Å². The van der Waals surface area contributed by atoms with Crippen molar-refractivity contribution in [2.45, 2.75) is 132 Å². The Morgan fingerprint density at radius 1 is 0.868 bits per heavy atom. The summed E-state index contributed by atoms with van der Waals surface area (Å²) in [7, 11) is 0. The molecule has 53 heavy (non-hydrogen) atoms. The van der Waals surface area contributed by atoms with Crippen LogP contribution in [-0.2, 0) is 17.8 Å². The number of rotatable bonds is 10. The largest absolute Gasteiger partial charge is 0.478 e. The number of hydrogen-bond acceptors (Lipinski definition) is 4. The van der Waals surface area contributed by atoms with Gasteiger partial charge in [0.05, 0.1) is 17.1 Å². The molecule has 0 bridgehead atoms. The normalized spacial score (nSPS) is 36.0. The van der Waals surface area contributed by atoms with Gasteiger partial charge in [-0.3, -0.25) is 9.59 Å². The fourth-order valence-corrected chi connectivity index (χ4v) is 13.1. The van der Waals surface area contributed by atoms with Crippen LogP contribution in [0.3, 0.4) is 0 Å². The zero-order chi connectivity index (χ0) is 38.6. The van der Waals surface area contributed by atoms with E-state index in [2.05, 4.69) is 59.1 Å². The van der Waals surface area contributed by atoms with Crippen molar-refractivity contribution in [3.05, 3.63) is 70.5 Å². The molecule has 9 atom stereocenters. The molecule has 0 aliphatic heterocycles. The molecule has 4 saturated carbocycles. The van der Waals surface area contributed by atoms with Crippen LogP contribution >= 0.6 is 0 Å². The summed E-state index contributed by atoms with van der Waals surface area (Å²) in [6.07, 6.45) is 10.4. The van der Waals surface area contributed by atoms with Crippen LogP contribution in [-0.4, -0.2) is 40.6 Å². The Morgan fingerprint density at radius 2 is 1.60 bits per heavy atom. The topological polar surface area (TPSA) is 116 Å². The summed E-state index contributed by atoms with van der Waals surface area (Å²) in [6.45, 7) is 17.4. The highest BCUT2D eigenvalue weighted by atomic mass is 19.1. The van der Waals surface area contributed by atoms with E-state index < -0.39 is 17.2 Å². The average Bonchev–Trinajstić information content (AvgIpc) is 3.11. The first-order valence-corrected chi connectivity index (χ1v) is 20.3. The predicted molar refractivity (Wildman–Crippen MR) is 206 cm³/mol. The molecule has 4 aliphatic rings. The molecule has 2 aromatic carbocycles. The number of carboxylic acid groups (broad SMARTS) is 1. The fraction of sp³-hybridized carbons (Fsp3) is 0.667. The van der Waals surface area contributed by atoms with Crippen LogP contribution < -0.4 is 10.6 Å². The van der Waals surface area contributed by atoms with Crippen LogP contribution in [0.5, 0.6) is 0 Å². The zero-order valence-electron chi connectivity index (χ0n) is 33.1. The Hall–Kier alpha value is -3.26. The molecule has 2 amide bonds. The van der Waals surface area contributed by atoms with Crippen molar-refractivity contribution in [1.82, 2.24) is 10.6 Å².